The number of aromatic nitrogens is 4. The van der Waals surface area contributed by atoms with Crippen molar-refractivity contribution in [1.29, 1.82) is 0 Å². The van der Waals surface area contributed by atoms with Gasteiger partial charge >= 0.3 is 6.09 Å². The van der Waals surface area contributed by atoms with Crippen LogP contribution in [0.15, 0.2) is 49.1 Å². The number of imidazole rings is 1. The summed E-state index contributed by atoms with van der Waals surface area (Å²) in [5.41, 5.74) is 2.61. The summed E-state index contributed by atoms with van der Waals surface area (Å²) in [5, 5.41) is 9.67. The number of rotatable bonds is 12. The van der Waals surface area contributed by atoms with Crippen molar-refractivity contribution >= 4 is 23.6 Å². The number of alkyl carbamates (subject to hydrolysis) is 1. The third kappa shape index (κ3) is 7.83. The molecule has 2 amide bonds. The van der Waals surface area contributed by atoms with Gasteiger partial charge in [-0.2, -0.15) is 5.10 Å². The van der Waals surface area contributed by atoms with Crippen LogP contribution in [0.1, 0.15) is 77.8 Å². The smallest absolute Gasteiger partial charge is 0.408 e. The van der Waals surface area contributed by atoms with Crippen molar-refractivity contribution in [2.75, 3.05) is 5.32 Å². The van der Waals surface area contributed by atoms with E-state index in [9.17, 15) is 14.4 Å². The minimum absolute atomic E-state index is 0.234. The maximum Gasteiger partial charge on any atom is 0.408 e. The van der Waals surface area contributed by atoms with Crippen LogP contribution >= 0.6 is 0 Å². The van der Waals surface area contributed by atoms with Crippen LogP contribution < -0.4 is 10.6 Å². The van der Waals surface area contributed by atoms with E-state index in [1.807, 2.05) is 69.6 Å². The third-order valence-electron chi connectivity index (χ3n) is 7.58. The predicted molar refractivity (Wildman–Crippen MR) is 157 cm³/mol. The molecule has 41 heavy (non-hydrogen) atoms. The van der Waals surface area contributed by atoms with Crippen molar-refractivity contribution in [2.45, 2.75) is 97.9 Å². The lowest BCUT2D eigenvalue weighted by molar-refractivity contribution is -0.136. The zero-order chi connectivity index (χ0) is 29.6. The van der Waals surface area contributed by atoms with Gasteiger partial charge in [0.15, 0.2) is 0 Å². The summed E-state index contributed by atoms with van der Waals surface area (Å²) in [6, 6.07) is 9.05. The van der Waals surface area contributed by atoms with E-state index in [0.717, 1.165) is 36.9 Å². The van der Waals surface area contributed by atoms with Gasteiger partial charge in [-0.15, -0.1) is 0 Å². The quantitative estimate of drug-likeness (QED) is 0.274. The molecule has 0 saturated heterocycles. The molecule has 2 N–H and O–H groups in total. The van der Waals surface area contributed by atoms with E-state index in [1.54, 1.807) is 23.3 Å². The summed E-state index contributed by atoms with van der Waals surface area (Å²) < 4.78 is 9.53. The van der Waals surface area contributed by atoms with E-state index in [2.05, 4.69) is 20.7 Å². The van der Waals surface area contributed by atoms with Crippen LogP contribution in [0.5, 0.6) is 0 Å². The molecule has 2 atom stereocenters. The van der Waals surface area contributed by atoms with Gasteiger partial charge in [0.1, 0.15) is 18.0 Å². The Hall–Kier alpha value is -3.95. The summed E-state index contributed by atoms with van der Waals surface area (Å²) in [4.78, 5) is 43.7. The summed E-state index contributed by atoms with van der Waals surface area (Å²) in [6.07, 6.45) is 8.93. The van der Waals surface area contributed by atoms with Crippen LogP contribution in [0.25, 0.3) is 11.3 Å². The molecular formula is C31H42N6O4. The molecule has 0 bridgehead atoms. The Bertz CT molecular complexity index is 1330. The minimum Gasteiger partial charge on any atom is -0.444 e. The second-order valence-corrected chi connectivity index (χ2v) is 12.0. The average molecular weight is 563 g/mol. The lowest BCUT2D eigenvalue weighted by Gasteiger charge is -2.31. The van der Waals surface area contributed by atoms with Crippen molar-refractivity contribution in [1.82, 2.24) is 24.6 Å². The Morgan fingerprint density at radius 2 is 1.85 bits per heavy atom. The number of amides is 2. The molecule has 1 aliphatic carbocycles. The first-order chi connectivity index (χ1) is 19.5. The number of benzene rings is 1. The minimum atomic E-state index is -0.996. The Morgan fingerprint density at radius 1 is 1.12 bits per heavy atom. The van der Waals surface area contributed by atoms with Crippen molar-refractivity contribution in [3.8, 4) is 11.3 Å². The lowest BCUT2D eigenvalue weighted by Crippen LogP contribution is -2.48. The molecule has 2 heterocycles. The maximum absolute atomic E-state index is 13.2. The van der Waals surface area contributed by atoms with E-state index in [0.29, 0.717) is 25.2 Å². The van der Waals surface area contributed by atoms with Gasteiger partial charge in [-0.3, -0.25) is 9.59 Å². The van der Waals surface area contributed by atoms with Crippen molar-refractivity contribution < 1.29 is 19.1 Å². The van der Waals surface area contributed by atoms with Gasteiger partial charge in [0.05, 0.1) is 30.8 Å². The number of anilines is 1. The predicted octanol–water partition coefficient (Wildman–Crippen LogP) is 5.69. The summed E-state index contributed by atoms with van der Waals surface area (Å²) in [5.74, 6) is -0.994. The molecule has 1 saturated carbocycles. The molecular weight excluding hydrogens is 520 g/mol. The third-order valence-corrected chi connectivity index (χ3v) is 7.58. The number of nitrogens with zero attached hydrogens (tertiary/aromatic N) is 4. The number of ketones is 1. The molecule has 0 spiro atoms. The monoisotopic (exact) mass is 562 g/mol. The fraction of sp³-hybridized carbons (Fsp3) is 0.516. The molecule has 10 nitrogen and oxygen atoms in total. The van der Waals surface area contributed by atoms with E-state index < -0.39 is 35.3 Å². The second kappa shape index (κ2) is 13.1. The molecule has 1 fully saturated rings. The topological polar surface area (TPSA) is 120 Å². The number of carbonyl (C=O) groups is 3. The molecule has 3 aromatic rings. The van der Waals surface area contributed by atoms with E-state index >= 15 is 0 Å². The Morgan fingerprint density at radius 3 is 2.49 bits per heavy atom. The van der Waals surface area contributed by atoms with Gasteiger partial charge in [-0.1, -0.05) is 70.4 Å². The van der Waals surface area contributed by atoms with Crippen LogP contribution in [0.4, 0.5) is 10.6 Å². The van der Waals surface area contributed by atoms with Crippen LogP contribution in [0, 0.1) is 12.3 Å². The van der Waals surface area contributed by atoms with E-state index in [1.165, 1.54) is 5.56 Å². The van der Waals surface area contributed by atoms with Crippen LogP contribution in [-0.4, -0.2) is 49.3 Å². The summed E-state index contributed by atoms with van der Waals surface area (Å²) in [7, 11) is 0. The fourth-order valence-electron chi connectivity index (χ4n) is 4.67. The molecule has 2 aromatic heterocycles. The number of aryl methyl sites for hydroxylation is 1. The zero-order valence-corrected chi connectivity index (χ0v) is 24.7. The summed E-state index contributed by atoms with van der Waals surface area (Å²) >= 11 is 0. The molecule has 0 aliphatic heterocycles. The lowest BCUT2D eigenvalue weighted by atomic mass is 9.89. The van der Waals surface area contributed by atoms with E-state index in [-0.39, 0.29) is 6.04 Å². The van der Waals surface area contributed by atoms with Crippen molar-refractivity contribution in [2.24, 2.45) is 5.41 Å². The fourth-order valence-corrected chi connectivity index (χ4v) is 4.67. The molecule has 1 aromatic carbocycles. The largest absolute Gasteiger partial charge is 0.444 e. The number of hydrogen-bond donors (Lipinski definition) is 2. The second-order valence-electron chi connectivity index (χ2n) is 12.0. The van der Waals surface area contributed by atoms with Crippen LogP contribution in [0.2, 0.25) is 0 Å². The number of unbranched alkanes of at least 4 members (excludes halogenated alkanes) is 1. The molecule has 220 valence electrons. The highest BCUT2D eigenvalue weighted by atomic mass is 16.6. The Kier molecular flexibility index (Phi) is 9.62. The highest BCUT2D eigenvalue weighted by molar-refractivity contribution is 6.42. The van der Waals surface area contributed by atoms with Crippen LogP contribution in [0.3, 0.4) is 0 Å². The molecule has 10 heteroatoms. The SMILES string of the molecule is CCCC[C@H](NC(=O)O[C@H](Cn1cnc(-c2ccc(C)cc2)c1)C(C)(C)C)C(=O)C(=O)Nc1ccnn1C1CCC1. The number of hydrogen-bond acceptors (Lipinski definition) is 6. The van der Waals surface area contributed by atoms with Gasteiger partial charge in [0.25, 0.3) is 5.91 Å². The first-order valence-electron chi connectivity index (χ1n) is 14.5. The first kappa shape index (κ1) is 30.0. The Balaban J connectivity index is 1.40. The van der Waals surface area contributed by atoms with Gasteiger partial charge in [-0.05, 0) is 32.6 Å². The van der Waals surface area contributed by atoms with Crippen molar-refractivity contribution in [3.05, 3.63) is 54.6 Å². The Labute approximate surface area is 241 Å². The zero-order valence-electron chi connectivity index (χ0n) is 24.7. The first-order valence-corrected chi connectivity index (χ1v) is 14.5. The van der Waals surface area contributed by atoms with Gasteiger partial charge in [0, 0.05) is 23.2 Å². The molecule has 4 rings (SSSR count). The number of Topliss-reactive ketones (excluding diaryl/α,β-unsaturated/α-hetero) is 1. The highest BCUT2D eigenvalue weighted by Gasteiger charge is 2.33. The van der Waals surface area contributed by atoms with E-state index in [4.69, 9.17) is 4.74 Å². The number of ether oxygens (including phenoxy) is 1. The molecule has 0 unspecified atom stereocenters. The number of nitrogens with one attached hydrogen (secondary N) is 2. The average Bonchev–Trinajstić information content (AvgIpc) is 3.54. The highest BCUT2D eigenvalue weighted by Crippen LogP contribution is 2.33. The number of carbonyl (C=O) groups excluding carboxylic acids is 3. The maximum atomic E-state index is 13.2. The molecule has 0 radical (unpaired) electrons. The van der Waals surface area contributed by atoms with Gasteiger partial charge < -0.3 is 19.9 Å². The van der Waals surface area contributed by atoms with Crippen LogP contribution in [-0.2, 0) is 20.9 Å². The van der Waals surface area contributed by atoms with Gasteiger partial charge in [0.2, 0.25) is 5.78 Å². The molecule has 1 aliphatic rings. The standard InChI is InChI=1S/C31H42N6O4/c1-6-7-11-24(28(38)29(39)35-27-16-17-33-37(27)23-9-8-10-23)34-30(40)41-26(31(3,4)5)19-36-18-25(32-20-36)22-14-12-21(2)13-15-22/h12-18,20,23-24,26H,6-11,19H2,1-5H3,(H,34,40)(H,35,39)/t24-,26+/m0/s1. The normalized spacial score (nSPS) is 15.0. The van der Waals surface area contributed by atoms with Crippen molar-refractivity contribution in [3.63, 3.8) is 0 Å². The summed E-state index contributed by atoms with van der Waals surface area (Å²) in [6.45, 7) is 10.4. The van der Waals surface area contributed by atoms with Gasteiger partial charge in [-0.25, -0.2) is 14.5 Å².